The van der Waals surface area contributed by atoms with Crippen LogP contribution in [0.4, 0.5) is 0 Å². The molecule has 1 rings (SSSR count). The van der Waals surface area contributed by atoms with Crippen LogP contribution in [0, 0.1) is 0 Å². The van der Waals surface area contributed by atoms with E-state index in [0.717, 1.165) is 4.47 Å². The number of para-hydroxylation sites is 1. The second-order valence-corrected chi connectivity index (χ2v) is 3.57. The highest BCUT2D eigenvalue weighted by Gasteiger charge is 2.10. The molecule has 5 heteroatoms. The summed E-state index contributed by atoms with van der Waals surface area (Å²) < 4.78 is 6.27. The summed E-state index contributed by atoms with van der Waals surface area (Å²) in [4.78, 5) is 0. The molecule has 76 valence electrons. The van der Waals surface area contributed by atoms with Crippen molar-refractivity contribution in [1.29, 1.82) is 0 Å². The summed E-state index contributed by atoms with van der Waals surface area (Å²) in [7, 11) is 0. The Labute approximate surface area is 90.5 Å². The third-order valence-corrected chi connectivity index (χ3v) is 2.33. The maximum atomic E-state index is 8.42. The van der Waals surface area contributed by atoms with Crippen LogP contribution >= 0.6 is 15.9 Å². The molecule has 0 spiro atoms. The SMILES string of the molecule is CC(Oc1ccccc1Br)C(N)=NO. The highest BCUT2D eigenvalue weighted by molar-refractivity contribution is 9.10. The number of benzene rings is 1. The van der Waals surface area contributed by atoms with E-state index in [9.17, 15) is 0 Å². The van der Waals surface area contributed by atoms with Crippen molar-refractivity contribution < 1.29 is 9.94 Å². The Kier molecular flexibility index (Phi) is 3.76. The molecule has 0 bridgehead atoms. The lowest BCUT2D eigenvalue weighted by atomic mass is 10.3. The maximum absolute atomic E-state index is 8.42. The summed E-state index contributed by atoms with van der Waals surface area (Å²) in [5.74, 6) is 0.701. The van der Waals surface area contributed by atoms with Crippen LogP contribution in [0.5, 0.6) is 5.75 Å². The molecular formula is C9H11BrN2O2. The lowest BCUT2D eigenvalue weighted by Gasteiger charge is -2.13. The van der Waals surface area contributed by atoms with Crippen LogP contribution in [0.15, 0.2) is 33.9 Å². The van der Waals surface area contributed by atoms with Gasteiger partial charge < -0.3 is 15.7 Å². The van der Waals surface area contributed by atoms with E-state index in [4.69, 9.17) is 15.7 Å². The molecule has 1 atom stereocenters. The first-order chi connectivity index (χ1) is 6.65. The van der Waals surface area contributed by atoms with Crippen LogP contribution in [0.3, 0.4) is 0 Å². The van der Waals surface area contributed by atoms with E-state index in [1.54, 1.807) is 13.0 Å². The average Bonchev–Trinajstić information content (AvgIpc) is 2.20. The van der Waals surface area contributed by atoms with E-state index in [0.29, 0.717) is 5.75 Å². The Bertz CT molecular complexity index is 341. The Morgan fingerprint density at radius 3 is 2.79 bits per heavy atom. The Balaban J connectivity index is 2.74. The molecule has 3 N–H and O–H groups in total. The largest absolute Gasteiger partial charge is 0.482 e. The first-order valence-electron chi connectivity index (χ1n) is 4.03. The van der Waals surface area contributed by atoms with Gasteiger partial charge in [0.15, 0.2) is 11.9 Å². The van der Waals surface area contributed by atoms with Crippen molar-refractivity contribution in [3.05, 3.63) is 28.7 Å². The lowest BCUT2D eigenvalue weighted by Crippen LogP contribution is -2.31. The van der Waals surface area contributed by atoms with E-state index in [1.807, 2.05) is 18.2 Å². The minimum absolute atomic E-state index is 0.0424. The molecule has 1 aromatic carbocycles. The van der Waals surface area contributed by atoms with Gasteiger partial charge in [0.1, 0.15) is 5.75 Å². The van der Waals surface area contributed by atoms with Gasteiger partial charge in [-0.2, -0.15) is 0 Å². The summed E-state index contributed by atoms with van der Waals surface area (Å²) in [5, 5.41) is 11.3. The standard InChI is InChI=1S/C9H11BrN2O2/c1-6(9(11)12-13)14-8-5-3-2-4-7(8)10/h2-6,13H,1H3,(H2,11,12). The molecular weight excluding hydrogens is 248 g/mol. The molecule has 0 saturated carbocycles. The van der Waals surface area contributed by atoms with Gasteiger partial charge in [-0.15, -0.1) is 0 Å². The van der Waals surface area contributed by atoms with Crippen LogP contribution in [0.2, 0.25) is 0 Å². The first-order valence-corrected chi connectivity index (χ1v) is 4.83. The number of nitrogens with zero attached hydrogens (tertiary/aromatic N) is 1. The van der Waals surface area contributed by atoms with Crippen molar-refractivity contribution in [3.63, 3.8) is 0 Å². The minimum atomic E-state index is -0.460. The molecule has 0 aliphatic rings. The van der Waals surface area contributed by atoms with Crippen LogP contribution in [0.25, 0.3) is 0 Å². The normalized spacial score (nSPS) is 13.7. The van der Waals surface area contributed by atoms with Crippen LogP contribution < -0.4 is 10.5 Å². The van der Waals surface area contributed by atoms with Crippen LogP contribution in [-0.4, -0.2) is 17.1 Å². The Morgan fingerprint density at radius 1 is 1.57 bits per heavy atom. The zero-order chi connectivity index (χ0) is 10.6. The second kappa shape index (κ2) is 4.85. The maximum Gasteiger partial charge on any atom is 0.180 e. The van der Waals surface area contributed by atoms with Gasteiger partial charge in [-0.25, -0.2) is 0 Å². The van der Waals surface area contributed by atoms with Crippen molar-refractivity contribution in [2.24, 2.45) is 10.9 Å². The quantitative estimate of drug-likeness (QED) is 0.377. The molecule has 0 amide bonds. The molecule has 0 aliphatic heterocycles. The molecule has 1 aromatic rings. The number of rotatable bonds is 3. The monoisotopic (exact) mass is 258 g/mol. The number of halogens is 1. The number of ether oxygens (including phenoxy) is 1. The molecule has 0 radical (unpaired) electrons. The molecule has 0 aromatic heterocycles. The van der Waals surface area contributed by atoms with E-state index < -0.39 is 6.10 Å². The lowest BCUT2D eigenvalue weighted by molar-refractivity contribution is 0.264. The molecule has 0 fully saturated rings. The molecule has 0 aliphatic carbocycles. The third kappa shape index (κ3) is 2.63. The summed E-state index contributed by atoms with van der Waals surface area (Å²) >= 11 is 3.33. The van der Waals surface area contributed by atoms with Crippen LogP contribution in [0.1, 0.15) is 6.92 Å². The van der Waals surface area contributed by atoms with Gasteiger partial charge in [-0.05, 0) is 35.0 Å². The van der Waals surface area contributed by atoms with Crippen molar-refractivity contribution in [1.82, 2.24) is 0 Å². The number of oxime groups is 1. The Hall–Kier alpha value is -1.23. The number of amidine groups is 1. The number of hydrogen-bond acceptors (Lipinski definition) is 3. The van der Waals surface area contributed by atoms with Gasteiger partial charge in [0.25, 0.3) is 0 Å². The topological polar surface area (TPSA) is 67.8 Å². The summed E-state index contributed by atoms with van der Waals surface area (Å²) in [6.45, 7) is 1.70. The van der Waals surface area contributed by atoms with Crippen molar-refractivity contribution in [3.8, 4) is 5.75 Å². The van der Waals surface area contributed by atoms with E-state index in [-0.39, 0.29) is 5.84 Å². The summed E-state index contributed by atoms with van der Waals surface area (Å²) in [5.41, 5.74) is 5.37. The molecule has 1 unspecified atom stereocenters. The van der Waals surface area contributed by atoms with E-state index in [1.165, 1.54) is 0 Å². The number of nitrogens with two attached hydrogens (primary N) is 1. The highest BCUT2D eigenvalue weighted by Crippen LogP contribution is 2.24. The van der Waals surface area contributed by atoms with Crippen molar-refractivity contribution in [2.45, 2.75) is 13.0 Å². The van der Waals surface area contributed by atoms with Gasteiger partial charge >= 0.3 is 0 Å². The summed E-state index contributed by atoms with van der Waals surface area (Å²) in [6, 6.07) is 7.38. The second-order valence-electron chi connectivity index (χ2n) is 2.72. The van der Waals surface area contributed by atoms with Crippen LogP contribution in [-0.2, 0) is 0 Å². The van der Waals surface area contributed by atoms with E-state index >= 15 is 0 Å². The van der Waals surface area contributed by atoms with Crippen molar-refractivity contribution >= 4 is 21.8 Å². The predicted octanol–water partition coefficient (Wildman–Crippen LogP) is 1.96. The van der Waals surface area contributed by atoms with Crippen molar-refractivity contribution in [2.75, 3.05) is 0 Å². The Morgan fingerprint density at radius 2 is 2.21 bits per heavy atom. The minimum Gasteiger partial charge on any atom is -0.482 e. The van der Waals surface area contributed by atoms with Gasteiger partial charge in [0, 0.05) is 0 Å². The fourth-order valence-corrected chi connectivity index (χ4v) is 1.25. The predicted molar refractivity (Wildman–Crippen MR) is 57.6 cm³/mol. The zero-order valence-corrected chi connectivity index (χ0v) is 9.23. The molecule has 0 heterocycles. The van der Waals surface area contributed by atoms with Gasteiger partial charge in [-0.1, -0.05) is 17.3 Å². The molecule has 14 heavy (non-hydrogen) atoms. The average molecular weight is 259 g/mol. The number of hydrogen-bond donors (Lipinski definition) is 2. The molecule has 0 saturated heterocycles. The van der Waals surface area contributed by atoms with Gasteiger partial charge in [0.05, 0.1) is 4.47 Å². The third-order valence-electron chi connectivity index (χ3n) is 1.67. The highest BCUT2D eigenvalue weighted by atomic mass is 79.9. The van der Waals surface area contributed by atoms with E-state index in [2.05, 4.69) is 21.1 Å². The summed E-state index contributed by atoms with van der Waals surface area (Å²) in [6.07, 6.45) is -0.460. The zero-order valence-electron chi connectivity index (χ0n) is 7.64. The van der Waals surface area contributed by atoms with Gasteiger partial charge in [-0.3, -0.25) is 0 Å². The first kappa shape index (κ1) is 10.8. The smallest absolute Gasteiger partial charge is 0.180 e. The van der Waals surface area contributed by atoms with Gasteiger partial charge in [0.2, 0.25) is 0 Å². The fourth-order valence-electron chi connectivity index (χ4n) is 0.872. The molecule has 4 nitrogen and oxygen atoms in total. The fraction of sp³-hybridized carbons (Fsp3) is 0.222.